The molecule has 2 nitrogen and oxygen atoms in total. The number of hydrogen-bond donors (Lipinski definition) is 1. The van der Waals surface area contributed by atoms with Crippen molar-refractivity contribution in [3.8, 4) is 17.9 Å². The first-order chi connectivity index (χ1) is 6.77. The molecule has 0 radical (unpaired) electrons. The van der Waals surface area contributed by atoms with Gasteiger partial charge in [-0.1, -0.05) is 23.4 Å². The first-order valence-electron chi connectivity index (χ1n) is 4.07. The van der Waals surface area contributed by atoms with Crippen LogP contribution in [0.2, 0.25) is 5.02 Å². The molecule has 0 amide bonds. The predicted molar refractivity (Wildman–Crippen MR) is 54.7 cm³/mol. The zero-order valence-corrected chi connectivity index (χ0v) is 8.17. The molecule has 1 aromatic carbocycles. The minimum atomic E-state index is 0.0303. The summed E-state index contributed by atoms with van der Waals surface area (Å²) in [5, 5.41) is 17.7. The van der Waals surface area contributed by atoms with Crippen LogP contribution in [0.4, 0.5) is 0 Å². The minimum absolute atomic E-state index is 0.0303. The predicted octanol–water partition coefficient (Wildman–Crippen LogP) is 1.95. The fourth-order valence-corrected chi connectivity index (χ4v) is 1.07. The first kappa shape index (κ1) is 10.6. The molecule has 0 saturated carbocycles. The highest BCUT2D eigenvalue weighted by Crippen LogP contribution is 2.15. The summed E-state index contributed by atoms with van der Waals surface area (Å²) in [5.74, 6) is 5.55. The molecule has 0 aliphatic rings. The van der Waals surface area contributed by atoms with Crippen molar-refractivity contribution in [1.82, 2.24) is 0 Å². The standard InChI is InChI=1S/C11H8ClNO/c12-11-5-4-9(8-13)7-10(11)3-1-2-6-14/h4-5,7,14H,2,6H2. The van der Waals surface area contributed by atoms with E-state index >= 15 is 0 Å². The molecule has 0 atom stereocenters. The van der Waals surface area contributed by atoms with Crippen LogP contribution in [0.3, 0.4) is 0 Å². The fourth-order valence-electron chi connectivity index (χ4n) is 0.904. The second-order valence-corrected chi connectivity index (χ2v) is 2.99. The van der Waals surface area contributed by atoms with E-state index in [-0.39, 0.29) is 6.61 Å². The maximum atomic E-state index is 8.64. The molecule has 1 N–H and O–H groups in total. The number of nitriles is 1. The number of aliphatic hydroxyl groups is 1. The number of benzene rings is 1. The largest absolute Gasteiger partial charge is 0.395 e. The summed E-state index contributed by atoms with van der Waals surface area (Å²) < 4.78 is 0. The number of halogens is 1. The van der Waals surface area contributed by atoms with Crippen molar-refractivity contribution in [2.45, 2.75) is 6.42 Å². The van der Waals surface area contributed by atoms with Crippen LogP contribution in [0.25, 0.3) is 0 Å². The molecule has 1 aromatic rings. The van der Waals surface area contributed by atoms with E-state index in [0.717, 1.165) is 0 Å². The van der Waals surface area contributed by atoms with Crippen LogP contribution in [0.5, 0.6) is 0 Å². The van der Waals surface area contributed by atoms with Crippen LogP contribution < -0.4 is 0 Å². The van der Waals surface area contributed by atoms with E-state index < -0.39 is 0 Å². The minimum Gasteiger partial charge on any atom is -0.395 e. The van der Waals surface area contributed by atoms with Crippen LogP contribution >= 0.6 is 11.6 Å². The summed E-state index contributed by atoms with van der Waals surface area (Å²) in [7, 11) is 0. The Hall–Kier alpha value is -1.48. The summed E-state index contributed by atoms with van der Waals surface area (Å²) in [6.07, 6.45) is 0.410. The monoisotopic (exact) mass is 205 g/mol. The third-order valence-electron chi connectivity index (χ3n) is 1.56. The Morgan fingerprint density at radius 2 is 2.21 bits per heavy atom. The van der Waals surface area contributed by atoms with Crippen molar-refractivity contribution in [3.63, 3.8) is 0 Å². The molecular formula is C11H8ClNO. The highest BCUT2D eigenvalue weighted by Gasteiger charge is 1.97. The lowest BCUT2D eigenvalue weighted by atomic mass is 10.1. The van der Waals surface area contributed by atoms with Crippen LogP contribution in [0.1, 0.15) is 17.5 Å². The van der Waals surface area contributed by atoms with Gasteiger partial charge in [-0.25, -0.2) is 0 Å². The lowest BCUT2D eigenvalue weighted by Crippen LogP contribution is -1.82. The SMILES string of the molecule is N#Cc1ccc(Cl)c(C#CCCO)c1. The van der Waals surface area contributed by atoms with Crippen LogP contribution in [-0.2, 0) is 0 Å². The number of rotatable bonds is 1. The van der Waals surface area contributed by atoms with Crippen molar-refractivity contribution in [3.05, 3.63) is 34.3 Å². The quantitative estimate of drug-likeness (QED) is 0.713. The van der Waals surface area contributed by atoms with Crippen molar-refractivity contribution < 1.29 is 5.11 Å². The molecule has 0 spiro atoms. The molecule has 0 aromatic heterocycles. The second-order valence-electron chi connectivity index (χ2n) is 2.58. The molecule has 14 heavy (non-hydrogen) atoms. The number of hydrogen-bond acceptors (Lipinski definition) is 2. The van der Waals surface area contributed by atoms with Gasteiger partial charge in [-0.3, -0.25) is 0 Å². The molecule has 0 aliphatic heterocycles. The molecule has 0 aliphatic carbocycles. The molecule has 3 heteroatoms. The third-order valence-corrected chi connectivity index (χ3v) is 1.88. The number of aliphatic hydroxyl groups excluding tert-OH is 1. The molecule has 0 bridgehead atoms. The smallest absolute Gasteiger partial charge is 0.0992 e. The lowest BCUT2D eigenvalue weighted by Gasteiger charge is -1.95. The van der Waals surface area contributed by atoms with Gasteiger partial charge in [0, 0.05) is 12.0 Å². The Bertz CT molecular complexity index is 423. The summed E-state index contributed by atoms with van der Waals surface area (Å²) in [5.41, 5.74) is 1.15. The Kier molecular flexibility index (Phi) is 4.01. The van der Waals surface area contributed by atoms with Gasteiger partial charge in [-0.15, -0.1) is 0 Å². The Morgan fingerprint density at radius 3 is 2.86 bits per heavy atom. The Labute approximate surface area is 87.7 Å². The normalized spacial score (nSPS) is 8.64. The third kappa shape index (κ3) is 2.78. The highest BCUT2D eigenvalue weighted by molar-refractivity contribution is 6.31. The van der Waals surface area contributed by atoms with Gasteiger partial charge in [0.05, 0.1) is 23.3 Å². The van der Waals surface area contributed by atoms with Crippen LogP contribution in [0.15, 0.2) is 18.2 Å². The van der Waals surface area contributed by atoms with E-state index in [0.29, 0.717) is 22.6 Å². The van der Waals surface area contributed by atoms with Gasteiger partial charge in [-0.2, -0.15) is 5.26 Å². The van der Waals surface area contributed by atoms with Gasteiger partial charge in [0.2, 0.25) is 0 Å². The van der Waals surface area contributed by atoms with Crippen molar-refractivity contribution in [1.29, 1.82) is 5.26 Å². The van der Waals surface area contributed by atoms with Gasteiger partial charge < -0.3 is 5.11 Å². The number of nitrogens with zero attached hydrogens (tertiary/aromatic N) is 1. The zero-order valence-electron chi connectivity index (χ0n) is 7.42. The summed E-state index contributed by atoms with van der Waals surface area (Å²) in [4.78, 5) is 0. The molecule has 0 saturated heterocycles. The molecule has 1 rings (SSSR count). The zero-order chi connectivity index (χ0) is 10.4. The second kappa shape index (κ2) is 5.29. The topological polar surface area (TPSA) is 44.0 Å². The van der Waals surface area contributed by atoms with Crippen LogP contribution in [0, 0.1) is 23.2 Å². The summed E-state index contributed by atoms with van der Waals surface area (Å²) in [6, 6.07) is 6.92. The molecule has 0 fully saturated rings. The summed E-state index contributed by atoms with van der Waals surface area (Å²) >= 11 is 5.86. The Morgan fingerprint density at radius 1 is 1.43 bits per heavy atom. The molecule has 70 valence electrons. The average molecular weight is 206 g/mol. The van der Waals surface area contributed by atoms with Crippen molar-refractivity contribution >= 4 is 11.6 Å². The maximum absolute atomic E-state index is 8.64. The van der Waals surface area contributed by atoms with E-state index in [2.05, 4.69) is 11.8 Å². The molecule has 0 heterocycles. The van der Waals surface area contributed by atoms with Gasteiger partial charge >= 0.3 is 0 Å². The van der Waals surface area contributed by atoms with E-state index in [1.807, 2.05) is 6.07 Å². The van der Waals surface area contributed by atoms with E-state index in [4.69, 9.17) is 22.0 Å². The van der Waals surface area contributed by atoms with E-state index in [9.17, 15) is 0 Å². The maximum Gasteiger partial charge on any atom is 0.0992 e. The molecule has 0 unspecified atom stereocenters. The van der Waals surface area contributed by atoms with Crippen molar-refractivity contribution in [2.75, 3.05) is 6.61 Å². The average Bonchev–Trinajstić information content (AvgIpc) is 2.21. The van der Waals surface area contributed by atoms with Gasteiger partial charge in [-0.05, 0) is 18.2 Å². The van der Waals surface area contributed by atoms with Gasteiger partial charge in [0.25, 0.3) is 0 Å². The Balaban J connectivity index is 2.98. The van der Waals surface area contributed by atoms with E-state index in [1.54, 1.807) is 18.2 Å². The van der Waals surface area contributed by atoms with Crippen molar-refractivity contribution in [2.24, 2.45) is 0 Å². The highest BCUT2D eigenvalue weighted by atomic mass is 35.5. The van der Waals surface area contributed by atoms with Gasteiger partial charge in [0.15, 0.2) is 0 Å². The molecular weight excluding hydrogens is 198 g/mol. The lowest BCUT2D eigenvalue weighted by molar-refractivity contribution is 0.305. The van der Waals surface area contributed by atoms with Crippen LogP contribution in [-0.4, -0.2) is 11.7 Å². The fraction of sp³-hybridized carbons (Fsp3) is 0.182. The van der Waals surface area contributed by atoms with Gasteiger partial charge in [0.1, 0.15) is 0 Å². The van der Waals surface area contributed by atoms with E-state index in [1.165, 1.54) is 0 Å². The summed E-state index contributed by atoms with van der Waals surface area (Å²) in [6.45, 7) is 0.0303. The first-order valence-corrected chi connectivity index (χ1v) is 4.45.